The number of nitrogens with zero attached hydrogens (tertiary/aromatic N) is 2. The molecule has 0 saturated carbocycles. The van der Waals surface area contributed by atoms with Crippen molar-refractivity contribution in [1.29, 1.82) is 0 Å². The lowest BCUT2D eigenvalue weighted by Crippen LogP contribution is -2.12. The maximum Gasteiger partial charge on any atom is 0.0521 e. The monoisotopic (exact) mass is 195 g/mol. The molecule has 0 bridgehead atoms. The average molecular weight is 195 g/mol. The van der Waals surface area contributed by atoms with Crippen LogP contribution >= 0.6 is 0 Å². The Balaban J connectivity index is 2.30. The molecule has 0 aliphatic rings. The van der Waals surface area contributed by atoms with E-state index in [1.54, 1.807) is 0 Å². The normalized spacial score (nSPS) is 10.7. The Morgan fingerprint density at radius 1 is 1.36 bits per heavy atom. The molecule has 1 aromatic rings. The molecule has 80 valence electrons. The van der Waals surface area contributed by atoms with Gasteiger partial charge in [0.25, 0.3) is 0 Å². The van der Waals surface area contributed by atoms with E-state index in [2.05, 4.69) is 28.1 Å². The summed E-state index contributed by atoms with van der Waals surface area (Å²) < 4.78 is 2.10. The van der Waals surface area contributed by atoms with Gasteiger partial charge in [-0.3, -0.25) is 4.68 Å². The van der Waals surface area contributed by atoms with Crippen LogP contribution in [0, 0.1) is 0 Å². The summed E-state index contributed by atoms with van der Waals surface area (Å²) in [5.74, 6) is 0. The minimum atomic E-state index is 0.910. The maximum atomic E-state index is 4.31. The highest BCUT2D eigenvalue weighted by Gasteiger charge is 1.99. The van der Waals surface area contributed by atoms with Gasteiger partial charge in [-0.25, -0.2) is 0 Å². The molecule has 1 N–H and O–H groups in total. The van der Waals surface area contributed by atoms with E-state index in [1.165, 1.54) is 31.4 Å². The highest BCUT2D eigenvalue weighted by atomic mass is 15.3. The van der Waals surface area contributed by atoms with Crippen molar-refractivity contribution in [3.05, 3.63) is 18.0 Å². The van der Waals surface area contributed by atoms with Crippen molar-refractivity contribution in [2.45, 2.75) is 45.7 Å². The van der Waals surface area contributed by atoms with Crippen molar-refractivity contribution in [1.82, 2.24) is 15.1 Å². The van der Waals surface area contributed by atoms with Gasteiger partial charge in [0.05, 0.1) is 5.69 Å². The zero-order valence-electron chi connectivity index (χ0n) is 9.29. The molecule has 0 aromatic carbocycles. The van der Waals surface area contributed by atoms with E-state index in [1.807, 2.05) is 13.2 Å². The topological polar surface area (TPSA) is 29.9 Å². The Morgan fingerprint density at radius 2 is 2.21 bits per heavy atom. The van der Waals surface area contributed by atoms with E-state index in [9.17, 15) is 0 Å². The van der Waals surface area contributed by atoms with E-state index < -0.39 is 0 Å². The van der Waals surface area contributed by atoms with Gasteiger partial charge in [-0.2, -0.15) is 5.10 Å². The molecule has 0 fully saturated rings. The first-order valence-corrected chi connectivity index (χ1v) is 5.53. The number of aryl methyl sites for hydroxylation is 1. The van der Waals surface area contributed by atoms with Crippen LogP contribution in [0.3, 0.4) is 0 Å². The molecule has 0 atom stereocenters. The molecule has 1 rings (SSSR count). The number of aromatic nitrogens is 2. The van der Waals surface area contributed by atoms with Crippen LogP contribution in [0.25, 0.3) is 0 Å². The van der Waals surface area contributed by atoms with E-state index in [0.29, 0.717) is 0 Å². The zero-order chi connectivity index (χ0) is 10.2. The third-order valence-electron chi connectivity index (χ3n) is 2.39. The molecule has 0 spiro atoms. The van der Waals surface area contributed by atoms with Gasteiger partial charge in [0.15, 0.2) is 0 Å². The number of hydrogen-bond acceptors (Lipinski definition) is 2. The summed E-state index contributed by atoms with van der Waals surface area (Å²) in [6, 6.07) is 2.08. The van der Waals surface area contributed by atoms with E-state index in [0.717, 1.165) is 13.1 Å². The first kappa shape index (κ1) is 11.2. The van der Waals surface area contributed by atoms with Crippen LogP contribution in [-0.2, 0) is 13.1 Å². The van der Waals surface area contributed by atoms with Gasteiger partial charge in [0.1, 0.15) is 0 Å². The number of hydrogen-bond donors (Lipinski definition) is 1. The summed E-state index contributed by atoms with van der Waals surface area (Å²) in [5, 5.41) is 7.46. The zero-order valence-corrected chi connectivity index (χ0v) is 9.29. The van der Waals surface area contributed by atoms with Crippen LogP contribution in [-0.4, -0.2) is 16.8 Å². The Morgan fingerprint density at radius 3 is 2.93 bits per heavy atom. The Labute approximate surface area is 86.5 Å². The lowest BCUT2D eigenvalue weighted by atomic mass is 10.2. The third-order valence-corrected chi connectivity index (χ3v) is 2.39. The Kier molecular flexibility index (Phi) is 5.30. The standard InChI is InChI=1S/C11H21N3/c1-3-4-5-6-9-14-11(10-12-2)7-8-13-14/h7-8,12H,3-6,9-10H2,1-2H3. The number of rotatable bonds is 7. The van der Waals surface area contributed by atoms with E-state index in [-0.39, 0.29) is 0 Å². The molecule has 1 aromatic heterocycles. The second-order valence-corrected chi connectivity index (χ2v) is 3.64. The molecule has 0 aliphatic heterocycles. The summed E-state index contributed by atoms with van der Waals surface area (Å²) in [6.45, 7) is 4.21. The van der Waals surface area contributed by atoms with Crippen molar-refractivity contribution < 1.29 is 0 Å². The fraction of sp³-hybridized carbons (Fsp3) is 0.727. The van der Waals surface area contributed by atoms with Gasteiger partial charge in [-0.1, -0.05) is 26.2 Å². The molecule has 1 heterocycles. The van der Waals surface area contributed by atoms with Crippen LogP contribution in [0.5, 0.6) is 0 Å². The molecule has 0 saturated heterocycles. The van der Waals surface area contributed by atoms with Crippen molar-refractivity contribution >= 4 is 0 Å². The van der Waals surface area contributed by atoms with Gasteiger partial charge in [-0.15, -0.1) is 0 Å². The van der Waals surface area contributed by atoms with E-state index in [4.69, 9.17) is 0 Å². The van der Waals surface area contributed by atoms with Crippen molar-refractivity contribution in [3.8, 4) is 0 Å². The fourth-order valence-electron chi connectivity index (χ4n) is 1.58. The van der Waals surface area contributed by atoms with Crippen LogP contribution < -0.4 is 5.32 Å². The fourth-order valence-corrected chi connectivity index (χ4v) is 1.58. The second-order valence-electron chi connectivity index (χ2n) is 3.64. The molecular weight excluding hydrogens is 174 g/mol. The van der Waals surface area contributed by atoms with Crippen LogP contribution in [0.1, 0.15) is 38.3 Å². The van der Waals surface area contributed by atoms with E-state index >= 15 is 0 Å². The van der Waals surface area contributed by atoms with Gasteiger partial charge < -0.3 is 5.32 Å². The molecule has 0 aliphatic carbocycles. The smallest absolute Gasteiger partial charge is 0.0521 e. The first-order valence-electron chi connectivity index (χ1n) is 5.53. The maximum absolute atomic E-state index is 4.31. The van der Waals surface area contributed by atoms with Crippen molar-refractivity contribution in [2.24, 2.45) is 0 Å². The van der Waals surface area contributed by atoms with Crippen molar-refractivity contribution in [2.75, 3.05) is 7.05 Å². The largest absolute Gasteiger partial charge is 0.314 e. The summed E-state index contributed by atoms with van der Waals surface area (Å²) in [6.07, 6.45) is 7.07. The SMILES string of the molecule is CCCCCCn1nccc1CNC. The number of nitrogens with one attached hydrogen (secondary N) is 1. The second kappa shape index (κ2) is 6.60. The van der Waals surface area contributed by atoms with Crippen LogP contribution in [0.2, 0.25) is 0 Å². The summed E-state index contributed by atoms with van der Waals surface area (Å²) in [5.41, 5.74) is 1.28. The van der Waals surface area contributed by atoms with Crippen LogP contribution in [0.15, 0.2) is 12.3 Å². The first-order chi connectivity index (χ1) is 6.88. The van der Waals surface area contributed by atoms with Gasteiger partial charge >= 0.3 is 0 Å². The molecule has 0 unspecified atom stereocenters. The minimum absolute atomic E-state index is 0.910. The van der Waals surface area contributed by atoms with Crippen LogP contribution in [0.4, 0.5) is 0 Å². The summed E-state index contributed by atoms with van der Waals surface area (Å²) in [4.78, 5) is 0. The predicted octanol–water partition coefficient (Wildman–Crippen LogP) is 2.18. The molecule has 3 heteroatoms. The lowest BCUT2D eigenvalue weighted by Gasteiger charge is -2.06. The minimum Gasteiger partial charge on any atom is -0.314 e. The Bertz CT molecular complexity index is 242. The summed E-state index contributed by atoms with van der Waals surface area (Å²) in [7, 11) is 1.97. The summed E-state index contributed by atoms with van der Waals surface area (Å²) >= 11 is 0. The quantitative estimate of drug-likeness (QED) is 0.676. The molecule has 3 nitrogen and oxygen atoms in total. The van der Waals surface area contributed by atoms with Gasteiger partial charge in [0.2, 0.25) is 0 Å². The van der Waals surface area contributed by atoms with Gasteiger partial charge in [0, 0.05) is 19.3 Å². The number of unbranched alkanes of at least 4 members (excludes halogenated alkanes) is 3. The third kappa shape index (κ3) is 3.50. The lowest BCUT2D eigenvalue weighted by molar-refractivity contribution is 0.518. The highest BCUT2D eigenvalue weighted by Crippen LogP contribution is 2.04. The Hall–Kier alpha value is -0.830. The molecule has 0 amide bonds. The predicted molar refractivity (Wildman–Crippen MR) is 59.1 cm³/mol. The van der Waals surface area contributed by atoms with Gasteiger partial charge in [-0.05, 0) is 19.5 Å². The molecule has 0 radical (unpaired) electrons. The molecule has 14 heavy (non-hydrogen) atoms. The highest BCUT2D eigenvalue weighted by molar-refractivity contribution is 4.99. The molecular formula is C11H21N3. The average Bonchev–Trinajstić information content (AvgIpc) is 2.61. The van der Waals surface area contributed by atoms with Crippen molar-refractivity contribution in [3.63, 3.8) is 0 Å².